The SMILES string of the molecule is CC(C)(CNc1nc(N)ccc1[N+](=O)[O-])c1cccs1. The van der Waals surface area contributed by atoms with Gasteiger partial charge in [0, 0.05) is 22.9 Å². The lowest BCUT2D eigenvalue weighted by atomic mass is 9.91. The first-order valence-electron chi connectivity index (χ1n) is 6.09. The van der Waals surface area contributed by atoms with Gasteiger partial charge in [-0.2, -0.15) is 0 Å². The molecule has 0 saturated carbocycles. The molecule has 20 heavy (non-hydrogen) atoms. The van der Waals surface area contributed by atoms with Crippen LogP contribution in [0.1, 0.15) is 18.7 Å². The van der Waals surface area contributed by atoms with Crippen LogP contribution in [0.3, 0.4) is 0 Å². The minimum Gasteiger partial charge on any atom is -0.384 e. The molecule has 0 aromatic carbocycles. The van der Waals surface area contributed by atoms with E-state index in [1.165, 1.54) is 17.0 Å². The predicted octanol–water partition coefficient (Wildman–Crippen LogP) is 3.02. The lowest BCUT2D eigenvalue weighted by molar-refractivity contribution is -0.384. The molecule has 0 bridgehead atoms. The van der Waals surface area contributed by atoms with Gasteiger partial charge in [-0.25, -0.2) is 4.98 Å². The average molecular weight is 292 g/mol. The second-order valence-electron chi connectivity index (χ2n) is 5.08. The second-order valence-corrected chi connectivity index (χ2v) is 6.02. The lowest BCUT2D eigenvalue weighted by Gasteiger charge is -2.23. The molecule has 0 aliphatic rings. The Kier molecular flexibility index (Phi) is 3.89. The monoisotopic (exact) mass is 292 g/mol. The molecule has 6 nitrogen and oxygen atoms in total. The maximum Gasteiger partial charge on any atom is 0.311 e. The van der Waals surface area contributed by atoms with Crippen LogP contribution in [0.5, 0.6) is 0 Å². The molecule has 2 rings (SSSR count). The summed E-state index contributed by atoms with van der Waals surface area (Å²) in [6.45, 7) is 4.68. The largest absolute Gasteiger partial charge is 0.384 e. The zero-order valence-corrected chi connectivity index (χ0v) is 12.1. The summed E-state index contributed by atoms with van der Waals surface area (Å²) < 4.78 is 0. The van der Waals surface area contributed by atoms with Gasteiger partial charge < -0.3 is 11.1 Å². The molecule has 2 aromatic heterocycles. The molecule has 0 saturated heterocycles. The van der Waals surface area contributed by atoms with E-state index in [9.17, 15) is 10.1 Å². The van der Waals surface area contributed by atoms with Gasteiger partial charge in [-0.3, -0.25) is 10.1 Å². The number of aromatic nitrogens is 1. The molecule has 2 heterocycles. The minimum absolute atomic E-state index is 0.0684. The fraction of sp³-hybridized carbons (Fsp3) is 0.308. The fourth-order valence-electron chi connectivity index (χ4n) is 1.80. The van der Waals surface area contributed by atoms with Crippen LogP contribution in [-0.2, 0) is 5.41 Å². The van der Waals surface area contributed by atoms with E-state index in [1.54, 1.807) is 11.3 Å². The first-order chi connectivity index (χ1) is 9.40. The number of rotatable bonds is 5. The van der Waals surface area contributed by atoms with Crippen molar-refractivity contribution in [3.8, 4) is 0 Å². The minimum atomic E-state index is -0.465. The van der Waals surface area contributed by atoms with E-state index in [4.69, 9.17) is 5.73 Å². The first-order valence-corrected chi connectivity index (χ1v) is 6.97. The molecule has 7 heteroatoms. The van der Waals surface area contributed by atoms with Crippen LogP contribution in [0, 0.1) is 10.1 Å². The molecule has 0 spiro atoms. The number of hydrogen-bond acceptors (Lipinski definition) is 6. The van der Waals surface area contributed by atoms with E-state index in [0.717, 1.165) is 0 Å². The number of nitrogens with two attached hydrogens (primary N) is 1. The van der Waals surface area contributed by atoms with E-state index in [1.807, 2.05) is 17.5 Å². The Labute approximate surface area is 120 Å². The molecule has 0 amide bonds. The highest BCUT2D eigenvalue weighted by atomic mass is 32.1. The van der Waals surface area contributed by atoms with E-state index >= 15 is 0 Å². The van der Waals surface area contributed by atoms with Crippen LogP contribution >= 0.6 is 11.3 Å². The number of nitrogens with one attached hydrogen (secondary N) is 1. The van der Waals surface area contributed by atoms with Gasteiger partial charge in [-0.05, 0) is 17.5 Å². The highest BCUT2D eigenvalue weighted by molar-refractivity contribution is 7.10. The molecule has 0 aliphatic heterocycles. The van der Waals surface area contributed by atoms with Gasteiger partial charge in [0.15, 0.2) is 0 Å². The molecule has 106 valence electrons. The van der Waals surface area contributed by atoms with E-state index < -0.39 is 4.92 Å². The molecular weight excluding hydrogens is 276 g/mol. The van der Waals surface area contributed by atoms with E-state index in [-0.39, 0.29) is 22.7 Å². The van der Waals surface area contributed by atoms with Gasteiger partial charge >= 0.3 is 5.69 Å². The molecule has 0 radical (unpaired) electrons. The van der Waals surface area contributed by atoms with Crippen molar-refractivity contribution < 1.29 is 4.92 Å². The van der Waals surface area contributed by atoms with Crippen molar-refractivity contribution in [3.63, 3.8) is 0 Å². The number of nitrogen functional groups attached to an aromatic ring is 1. The number of thiophene rings is 1. The highest BCUT2D eigenvalue weighted by Gasteiger charge is 2.24. The topological polar surface area (TPSA) is 94.1 Å². The third-order valence-corrected chi connectivity index (χ3v) is 4.21. The van der Waals surface area contributed by atoms with Gasteiger partial charge in [0.2, 0.25) is 5.82 Å². The summed E-state index contributed by atoms with van der Waals surface area (Å²) in [7, 11) is 0. The Bertz CT molecular complexity index is 611. The summed E-state index contributed by atoms with van der Waals surface area (Å²) >= 11 is 1.66. The molecule has 3 N–H and O–H groups in total. The lowest BCUT2D eigenvalue weighted by Crippen LogP contribution is -2.27. The van der Waals surface area contributed by atoms with Crippen molar-refractivity contribution in [1.29, 1.82) is 0 Å². The average Bonchev–Trinajstić information content (AvgIpc) is 2.90. The van der Waals surface area contributed by atoms with E-state index in [2.05, 4.69) is 24.1 Å². The molecule has 2 aromatic rings. The molecule has 0 aliphatic carbocycles. The predicted molar refractivity (Wildman–Crippen MR) is 81.1 cm³/mol. The Morgan fingerprint density at radius 2 is 2.20 bits per heavy atom. The Morgan fingerprint density at radius 3 is 2.80 bits per heavy atom. The van der Waals surface area contributed by atoms with Crippen LogP contribution in [0.2, 0.25) is 0 Å². The van der Waals surface area contributed by atoms with Crippen molar-refractivity contribution in [2.24, 2.45) is 0 Å². The summed E-state index contributed by atoms with van der Waals surface area (Å²) in [6, 6.07) is 6.83. The second kappa shape index (κ2) is 5.46. The summed E-state index contributed by atoms with van der Waals surface area (Å²) in [5.41, 5.74) is 5.38. The zero-order chi connectivity index (χ0) is 14.8. The van der Waals surface area contributed by atoms with Crippen LogP contribution < -0.4 is 11.1 Å². The number of nitro groups is 1. The number of hydrogen-bond donors (Lipinski definition) is 2. The molecule has 0 unspecified atom stereocenters. The van der Waals surface area contributed by atoms with Crippen molar-refractivity contribution in [3.05, 3.63) is 44.6 Å². The normalized spacial score (nSPS) is 11.3. The smallest absolute Gasteiger partial charge is 0.311 e. The fourth-order valence-corrected chi connectivity index (χ4v) is 2.65. The summed E-state index contributed by atoms with van der Waals surface area (Å²) in [5.74, 6) is 0.465. The summed E-state index contributed by atoms with van der Waals surface area (Å²) in [6.07, 6.45) is 0. The number of pyridine rings is 1. The Hall–Kier alpha value is -2.15. The van der Waals surface area contributed by atoms with Crippen molar-refractivity contribution in [1.82, 2.24) is 4.98 Å². The Balaban J connectivity index is 2.19. The van der Waals surface area contributed by atoms with E-state index in [0.29, 0.717) is 6.54 Å². The van der Waals surface area contributed by atoms with Gasteiger partial charge in [-0.1, -0.05) is 19.9 Å². The maximum absolute atomic E-state index is 11.0. The highest BCUT2D eigenvalue weighted by Crippen LogP contribution is 2.29. The van der Waals surface area contributed by atoms with Gasteiger partial charge in [0.1, 0.15) is 5.82 Å². The number of anilines is 2. The van der Waals surface area contributed by atoms with Crippen LogP contribution in [0.15, 0.2) is 29.6 Å². The number of nitrogens with zero attached hydrogens (tertiary/aromatic N) is 2. The molecule has 0 fully saturated rings. The summed E-state index contributed by atoms with van der Waals surface area (Å²) in [5, 5.41) is 16.0. The maximum atomic E-state index is 11.0. The van der Waals surface area contributed by atoms with Crippen LogP contribution in [0.25, 0.3) is 0 Å². The quantitative estimate of drug-likeness (QED) is 0.652. The van der Waals surface area contributed by atoms with Gasteiger partial charge in [-0.15, -0.1) is 11.3 Å². The first kappa shape index (κ1) is 14.3. The van der Waals surface area contributed by atoms with Crippen molar-refractivity contribution >= 4 is 28.7 Å². The van der Waals surface area contributed by atoms with Crippen LogP contribution in [-0.4, -0.2) is 16.5 Å². The Morgan fingerprint density at radius 1 is 1.45 bits per heavy atom. The van der Waals surface area contributed by atoms with Gasteiger partial charge in [0.25, 0.3) is 0 Å². The van der Waals surface area contributed by atoms with Gasteiger partial charge in [0.05, 0.1) is 4.92 Å². The zero-order valence-electron chi connectivity index (χ0n) is 11.3. The van der Waals surface area contributed by atoms with Crippen molar-refractivity contribution in [2.75, 3.05) is 17.6 Å². The van der Waals surface area contributed by atoms with Crippen LogP contribution in [0.4, 0.5) is 17.3 Å². The third-order valence-electron chi connectivity index (χ3n) is 2.98. The molecule has 0 atom stereocenters. The standard InChI is InChI=1S/C13H16N4O2S/c1-13(2,10-4-3-7-20-10)8-15-12-9(17(18)19)5-6-11(14)16-12/h3-7H,8H2,1-2H3,(H3,14,15,16). The molecular formula is C13H16N4O2S. The summed E-state index contributed by atoms with van der Waals surface area (Å²) in [4.78, 5) is 15.7. The van der Waals surface area contributed by atoms with Crippen molar-refractivity contribution in [2.45, 2.75) is 19.3 Å². The third kappa shape index (κ3) is 3.05.